The predicted octanol–water partition coefficient (Wildman–Crippen LogP) is 2.33. The number of alkyl halides is 5. The molecule has 0 bridgehead atoms. The van der Waals surface area contributed by atoms with E-state index in [4.69, 9.17) is 0 Å². The molecule has 46 valence electrons. The minimum atomic E-state index is -3.67. The summed E-state index contributed by atoms with van der Waals surface area (Å²) in [6, 6.07) is 0. The van der Waals surface area contributed by atoms with E-state index in [9.17, 15) is 17.6 Å². The van der Waals surface area contributed by atoms with Crippen molar-refractivity contribution in [3.8, 4) is 0 Å². The van der Waals surface area contributed by atoms with E-state index >= 15 is 0 Å². The van der Waals surface area contributed by atoms with Gasteiger partial charge in [-0.2, -0.15) is 13.2 Å². The van der Waals surface area contributed by atoms with Crippen LogP contribution in [0.1, 0.15) is 0 Å². The summed E-state index contributed by atoms with van der Waals surface area (Å²) in [4.78, 5) is 0. The highest BCUT2D eigenvalue weighted by Gasteiger charge is 1.86. The van der Waals surface area contributed by atoms with Crippen LogP contribution in [0.15, 0.2) is 0 Å². The molecule has 0 saturated heterocycles. The Morgan fingerprint density at radius 2 is 1.29 bits per heavy atom. The van der Waals surface area contributed by atoms with Gasteiger partial charge in [-0.3, -0.25) is 0 Å². The van der Waals surface area contributed by atoms with Crippen molar-refractivity contribution < 1.29 is 17.6 Å². The van der Waals surface area contributed by atoms with Crippen LogP contribution in [-0.2, 0) is 0 Å². The summed E-state index contributed by atoms with van der Waals surface area (Å²) >= 11 is 4.33. The highest BCUT2D eigenvalue weighted by molar-refractivity contribution is 6.16. The van der Waals surface area contributed by atoms with E-state index in [1.54, 1.807) is 0 Å². The largest absolute Gasteiger partial charge is 0.379 e. The zero-order valence-electron chi connectivity index (χ0n) is 3.17. The molecule has 0 rings (SSSR count). The summed E-state index contributed by atoms with van der Waals surface area (Å²) in [5.41, 5.74) is 0. The Labute approximate surface area is 43.1 Å². The normalized spacial score (nSPS) is 7.71. The fraction of sp³-hybridized carbons (Fsp3) is 1.00. The first-order valence-electron chi connectivity index (χ1n) is 1.19. The van der Waals surface area contributed by atoms with Gasteiger partial charge in [0.05, 0.1) is 0 Å². The number of rotatable bonds is 0. The van der Waals surface area contributed by atoms with Crippen LogP contribution < -0.4 is 0 Å². The molecule has 0 aromatic rings. The quantitative estimate of drug-likeness (QED) is 0.356. The topological polar surface area (TPSA) is 0 Å². The van der Waals surface area contributed by atoms with E-state index in [0.717, 1.165) is 0 Å². The van der Waals surface area contributed by atoms with Crippen LogP contribution in [0.5, 0.6) is 0 Å². The Morgan fingerprint density at radius 3 is 1.29 bits per heavy atom. The van der Waals surface area contributed by atoms with Gasteiger partial charge < -0.3 is 0 Å². The lowest BCUT2D eigenvalue weighted by Crippen LogP contribution is -1.65. The molecule has 0 spiro atoms. The van der Waals surface area contributed by atoms with Gasteiger partial charge in [-0.05, 0) is 0 Å². The fourth-order valence-corrected chi connectivity index (χ4v) is 0. The number of halogens is 5. The Hall–Kier alpha value is 0.01000. The van der Waals surface area contributed by atoms with Gasteiger partial charge in [0.1, 0.15) is 0 Å². The van der Waals surface area contributed by atoms with Crippen LogP contribution in [0, 0.1) is 0 Å². The minimum Gasteiger partial charge on any atom is -0.234 e. The lowest BCUT2D eigenvalue weighted by atomic mass is 11.6. The molecule has 0 aliphatic carbocycles. The molecule has 0 nitrogen and oxygen atoms in total. The summed E-state index contributed by atoms with van der Waals surface area (Å²) in [5.74, 6) is 0. The third-order valence-corrected chi connectivity index (χ3v) is 0. The summed E-state index contributed by atoms with van der Waals surface area (Å²) in [7, 11) is 0. The van der Waals surface area contributed by atoms with Crippen molar-refractivity contribution in [1.29, 1.82) is 0 Å². The van der Waals surface area contributed by atoms with Crippen molar-refractivity contribution in [2.45, 2.75) is 6.68 Å². The van der Waals surface area contributed by atoms with Crippen molar-refractivity contribution in [3.63, 3.8) is 0 Å². The Balaban J connectivity index is 0. The van der Waals surface area contributed by atoms with Gasteiger partial charge in [0, 0.05) is 0 Å². The summed E-state index contributed by atoms with van der Waals surface area (Å²) in [5, 5.41) is 0. The number of hydrogen-bond donors (Lipinski definition) is 0. The molecule has 5 heteroatoms. The van der Waals surface area contributed by atoms with E-state index in [2.05, 4.69) is 11.6 Å². The van der Waals surface area contributed by atoms with Crippen LogP contribution in [0.2, 0.25) is 0 Å². The van der Waals surface area contributed by atoms with Crippen LogP contribution in [-0.4, -0.2) is 12.8 Å². The first kappa shape index (κ1) is 10.1. The smallest absolute Gasteiger partial charge is 0.234 e. The first-order chi connectivity index (χ1) is 3.15. The molecule has 7 heavy (non-hydrogen) atoms. The Morgan fingerprint density at radius 1 is 1.29 bits per heavy atom. The molecule has 0 unspecified atom stereocenters. The maximum atomic E-state index is 10.1. The second-order valence-electron chi connectivity index (χ2n) is 0.348. The Kier molecular flexibility index (Phi) is 13.5. The van der Waals surface area contributed by atoms with Gasteiger partial charge in [-0.1, -0.05) is 11.6 Å². The lowest BCUT2D eigenvalue weighted by molar-refractivity contribution is 0.00819. The molecular formula is C2H3ClF4. The van der Waals surface area contributed by atoms with Crippen LogP contribution >= 0.6 is 11.6 Å². The zero-order chi connectivity index (χ0) is 6.28. The second-order valence-corrected chi connectivity index (χ2v) is 0.550. The van der Waals surface area contributed by atoms with Crippen molar-refractivity contribution in [2.75, 3.05) is 6.13 Å². The standard InChI is InChI=1S/CH2ClF.CHF3/c2-1-3;2-1(3)4/h1H2;1H. The average molecular weight is 138 g/mol. The molecule has 0 heterocycles. The van der Waals surface area contributed by atoms with E-state index in [1.165, 1.54) is 0 Å². The van der Waals surface area contributed by atoms with Crippen molar-refractivity contribution in [1.82, 2.24) is 0 Å². The van der Waals surface area contributed by atoms with Crippen molar-refractivity contribution in [2.24, 2.45) is 0 Å². The predicted molar refractivity (Wildman–Crippen MR) is 18.9 cm³/mol. The highest BCUT2D eigenvalue weighted by atomic mass is 35.5. The fourth-order valence-electron chi connectivity index (χ4n) is 0. The molecule has 0 N–H and O–H groups in total. The summed E-state index contributed by atoms with van der Waals surface area (Å²) in [6.45, 7) is -3.67. The molecule has 0 aromatic heterocycles. The average Bonchev–Trinajstić information content (AvgIpc) is 1.33. The third kappa shape index (κ3) is 966000. The summed E-state index contributed by atoms with van der Waals surface area (Å²) < 4.78 is 39.1. The number of hydrogen-bond acceptors (Lipinski definition) is 0. The van der Waals surface area contributed by atoms with Gasteiger partial charge in [0.2, 0.25) is 0 Å². The van der Waals surface area contributed by atoms with Gasteiger partial charge in [0.15, 0.2) is 6.13 Å². The minimum absolute atomic E-state index is 0.778. The van der Waals surface area contributed by atoms with E-state index < -0.39 is 12.8 Å². The molecule has 0 aromatic carbocycles. The molecule has 0 atom stereocenters. The van der Waals surface area contributed by atoms with Crippen LogP contribution in [0.4, 0.5) is 17.6 Å². The second kappa shape index (κ2) is 9.38. The van der Waals surface area contributed by atoms with Crippen LogP contribution in [0.3, 0.4) is 0 Å². The SMILES string of the molecule is FC(F)F.FCCl. The molecule has 0 saturated carbocycles. The molecular weight excluding hydrogens is 135 g/mol. The van der Waals surface area contributed by atoms with Gasteiger partial charge in [-0.25, -0.2) is 4.39 Å². The monoisotopic (exact) mass is 138 g/mol. The van der Waals surface area contributed by atoms with Gasteiger partial charge in [0.25, 0.3) is 0 Å². The Bertz CT molecular complexity index is 20.9. The maximum absolute atomic E-state index is 10.1. The highest BCUT2D eigenvalue weighted by Crippen LogP contribution is 1.87. The lowest BCUT2D eigenvalue weighted by Gasteiger charge is -1.65. The maximum Gasteiger partial charge on any atom is 0.379 e. The van der Waals surface area contributed by atoms with E-state index in [1.807, 2.05) is 0 Å². The first-order valence-corrected chi connectivity index (χ1v) is 1.72. The van der Waals surface area contributed by atoms with Crippen molar-refractivity contribution in [3.05, 3.63) is 0 Å². The molecule has 0 radical (unpaired) electrons. The van der Waals surface area contributed by atoms with E-state index in [-0.39, 0.29) is 0 Å². The molecule has 0 aliphatic heterocycles. The van der Waals surface area contributed by atoms with Crippen molar-refractivity contribution >= 4 is 11.6 Å². The van der Waals surface area contributed by atoms with Crippen LogP contribution in [0.25, 0.3) is 0 Å². The van der Waals surface area contributed by atoms with E-state index in [0.29, 0.717) is 0 Å². The third-order valence-electron chi connectivity index (χ3n) is 0. The summed E-state index contributed by atoms with van der Waals surface area (Å²) in [6.07, 6.45) is -0.778. The van der Waals surface area contributed by atoms with Gasteiger partial charge in [-0.15, -0.1) is 0 Å². The molecule has 0 aliphatic rings. The van der Waals surface area contributed by atoms with Gasteiger partial charge >= 0.3 is 6.68 Å². The molecule has 0 amide bonds. The molecule has 0 fully saturated rings. The zero-order valence-corrected chi connectivity index (χ0v) is 3.93.